The maximum absolute atomic E-state index is 5.94. The highest BCUT2D eigenvalue weighted by Crippen LogP contribution is 2.29. The third-order valence-corrected chi connectivity index (χ3v) is 3.89. The third-order valence-electron chi connectivity index (χ3n) is 2.71. The predicted molar refractivity (Wildman–Crippen MR) is 70.6 cm³/mol. The highest BCUT2D eigenvalue weighted by Gasteiger charge is 2.23. The molecule has 2 aromatic rings. The summed E-state index contributed by atoms with van der Waals surface area (Å²) < 4.78 is 6.39. The van der Waals surface area contributed by atoms with E-state index in [2.05, 4.69) is 10.3 Å². The molecule has 4 nitrogen and oxygen atoms in total. The molecule has 0 saturated carbocycles. The van der Waals surface area contributed by atoms with Gasteiger partial charge in [-0.1, -0.05) is 22.9 Å². The molecule has 0 radical (unpaired) electrons. The van der Waals surface area contributed by atoms with Crippen LogP contribution in [0.15, 0.2) is 18.2 Å². The van der Waals surface area contributed by atoms with Crippen LogP contribution in [0.2, 0.25) is 5.02 Å². The number of nitrogens with one attached hydrogen (secondary N) is 1. The fraction of sp³-hybridized carbons (Fsp3) is 0.364. The first kappa shape index (κ1) is 11.2. The van der Waals surface area contributed by atoms with Gasteiger partial charge < -0.3 is 15.8 Å². The number of ether oxygens (including phenoxy) is 1. The minimum atomic E-state index is -0.156. The van der Waals surface area contributed by atoms with E-state index in [9.17, 15) is 0 Å². The van der Waals surface area contributed by atoms with E-state index >= 15 is 0 Å². The molecule has 1 fully saturated rings. The lowest BCUT2D eigenvalue weighted by molar-refractivity contribution is 0.115. The van der Waals surface area contributed by atoms with E-state index in [0.29, 0.717) is 6.61 Å². The first-order valence-corrected chi connectivity index (χ1v) is 6.60. The minimum absolute atomic E-state index is 0.156. The topological polar surface area (TPSA) is 60.2 Å². The van der Waals surface area contributed by atoms with E-state index in [4.69, 9.17) is 22.1 Å². The van der Waals surface area contributed by atoms with Crippen LogP contribution in [0.5, 0.6) is 0 Å². The normalized spacial score (nSPS) is 24.4. The van der Waals surface area contributed by atoms with Crippen LogP contribution >= 0.6 is 22.9 Å². The average molecular weight is 270 g/mol. The van der Waals surface area contributed by atoms with Crippen molar-refractivity contribution in [3.05, 3.63) is 23.2 Å². The maximum atomic E-state index is 5.94. The van der Waals surface area contributed by atoms with Gasteiger partial charge in [-0.2, -0.15) is 0 Å². The lowest BCUT2D eigenvalue weighted by atomic mass is 10.2. The largest absolute Gasteiger partial charge is 0.361 e. The van der Waals surface area contributed by atoms with E-state index in [0.717, 1.165) is 26.8 Å². The van der Waals surface area contributed by atoms with Crippen LogP contribution in [0.25, 0.3) is 10.2 Å². The first-order valence-electron chi connectivity index (χ1n) is 5.40. The Bertz CT molecular complexity index is 544. The Morgan fingerprint density at radius 2 is 2.41 bits per heavy atom. The molecule has 2 unspecified atom stereocenters. The van der Waals surface area contributed by atoms with Crippen molar-refractivity contribution < 1.29 is 4.74 Å². The van der Waals surface area contributed by atoms with Gasteiger partial charge in [0.15, 0.2) is 5.13 Å². The lowest BCUT2D eigenvalue weighted by Gasteiger charge is -2.07. The highest BCUT2D eigenvalue weighted by atomic mass is 35.5. The van der Waals surface area contributed by atoms with Crippen LogP contribution < -0.4 is 11.1 Å². The predicted octanol–water partition coefficient (Wildman–Crippen LogP) is 2.44. The Morgan fingerprint density at radius 1 is 1.53 bits per heavy atom. The molecule has 6 heteroatoms. The van der Waals surface area contributed by atoms with Crippen LogP contribution in [-0.2, 0) is 4.74 Å². The smallest absolute Gasteiger partial charge is 0.184 e. The fourth-order valence-electron chi connectivity index (χ4n) is 1.89. The molecule has 2 heterocycles. The van der Waals surface area contributed by atoms with Gasteiger partial charge in [0.2, 0.25) is 0 Å². The van der Waals surface area contributed by atoms with Gasteiger partial charge in [0.25, 0.3) is 0 Å². The number of rotatable bonds is 2. The zero-order valence-electron chi connectivity index (χ0n) is 9.02. The van der Waals surface area contributed by atoms with Crippen molar-refractivity contribution in [2.75, 3.05) is 11.9 Å². The second kappa shape index (κ2) is 4.42. The number of hydrogen-bond donors (Lipinski definition) is 2. The first-order chi connectivity index (χ1) is 8.20. The number of fused-ring (bicyclic) bond motifs is 1. The summed E-state index contributed by atoms with van der Waals surface area (Å²) in [5.74, 6) is 0. The number of nitrogens with two attached hydrogens (primary N) is 1. The van der Waals surface area contributed by atoms with E-state index in [1.165, 1.54) is 0 Å². The van der Waals surface area contributed by atoms with Crippen LogP contribution in [0.1, 0.15) is 6.42 Å². The molecule has 0 amide bonds. The molecule has 1 aliphatic rings. The van der Waals surface area contributed by atoms with Gasteiger partial charge in [0.1, 0.15) is 6.23 Å². The zero-order valence-corrected chi connectivity index (χ0v) is 10.6. The van der Waals surface area contributed by atoms with Crippen LogP contribution in [0.4, 0.5) is 5.13 Å². The van der Waals surface area contributed by atoms with Gasteiger partial charge in [-0.15, -0.1) is 0 Å². The molecular weight excluding hydrogens is 258 g/mol. The van der Waals surface area contributed by atoms with Crippen molar-refractivity contribution in [1.29, 1.82) is 0 Å². The van der Waals surface area contributed by atoms with E-state index in [1.54, 1.807) is 11.3 Å². The number of aromatic nitrogens is 1. The highest BCUT2D eigenvalue weighted by molar-refractivity contribution is 7.22. The van der Waals surface area contributed by atoms with Crippen LogP contribution in [0.3, 0.4) is 0 Å². The molecule has 90 valence electrons. The quantitative estimate of drug-likeness (QED) is 0.879. The number of hydrogen-bond acceptors (Lipinski definition) is 5. The molecule has 1 aromatic heterocycles. The number of benzene rings is 1. The summed E-state index contributed by atoms with van der Waals surface area (Å²) in [6.45, 7) is 0.637. The molecule has 0 bridgehead atoms. The molecule has 2 atom stereocenters. The standard InChI is InChI=1S/C11H12ClN3OS/c12-6-1-2-8-9(3-6)17-11(15-8)14-7-4-10(13)16-5-7/h1-3,7,10H,4-5,13H2,(H,14,15). The maximum Gasteiger partial charge on any atom is 0.184 e. The Labute approximate surface area is 108 Å². The van der Waals surface area contributed by atoms with E-state index in [1.807, 2.05) is 18.2 Å². The molecule has 0 aliphatic carbocycles. The van der Waals surface area contributed by atoms with Crippen LogP contribution in [0, 0.1) is 0 Å². The van der Waals surface area contributed by atoms with Crippen molar-refractivity contribution in [3.63, 3.8) is 0 Å². The molecule has 17 heavy (non-hydrogen) atoms. The number of thiazole rings is 1. The Balaban J connectivity index is 1.81. The van der Waals surface area contributed by atoms with Crippen LogP contribution in [-0.4, -0.2) is 23.9 Å². The van der Waals surface area contributed by atoms with E-state index < -0.39 is 0 Å². The van der Waals surface area contributed by atoms with Gasteiger partial charge in [0, 0.05) is 11.4 Å². The van der Waals surface area contributed by atoms with Gasteiger partial charge in [-0.25, -0.2) is 4.98 Å². The monoisotopic (exact) mass is 269 g/mol. The zero-order chi connectivity index (χ0) is 11.8. The molecule has 3 rings (SSSR count). The summed E-state index contributed by atoms with van der Waals surface area (Å²) in [5, 5.41) is 4.97. The average Bonchev–Trinajstić information content (AvgIpc) is 2.84. The number of halogens is 1. The van der Waals surface area contributed by atoms with Crippen molar-refractivity contribution in [2.24, 2.45) is 5.73 Å². The number of anilines is 1. The fourth-order valence-corrected chi connectivity index (χ4v) is 3.11. The SMILES string of the molecule is NC1CC(Nc2nc3ccc(Cl)cc3s2)CO1. The molecule has 0 spiro atoms. The third kappa shape index (κ3) is 2.37. The molecule has 1 saturated heterocycles. The molecule has 1 aliphatic heterocycles. The summed E-state index contributed by atoms with van der Waals surface area (Å²) >= 11 is 7.54. The summed E-state index contributed by atoms with van der Waals surface area (Å²) in [7, 11) is 0. The van der Waals surface area contributed by atoms with Gasteiger partial charge in [-0.3, -0.25) is 0 Å². The summed E-state index contributed by atoms with van der Waals surface area (Å²) in [5.41, 5.74) is 6.64. The number of nitrogens with zero attached hydrogens (tertiary/aromatic N) is 1. The summed E-state index contributed by atoms with van der Waals surface area (Å²) in [6.07, 6.45) is 0.660. The Hall–Kier alpha value is -0.880. The Kier molecular flexibility index (Phi) is 2.92. The minimum Gasteiger partial charge on any atom is -0.361 e. The Morgan fingerprint density at radius 3 is 3.18 bits per heavy atom. The second-order valence-corrected chi connectivity index (χ2v) is 5.55. The molecular formula is C11H12ClN3OS. The summed E-state index contributed by atoms with van der Waals surface area (Å²) in [6, 6.07) is 5.95. The second-order valence-electron chi connectivity index (χ2n) is 4.08. The van der Waals surface area contributed by atoms with Crippen molar-refractivity contribution in [2.45, 2.75) is 18.7 Å². The van der Waals surface area contributed by atoms with Gasteiger partial charge in [-0.05, 0) is 18.2 Å². The van der Waals surface area contributed by atoms with Crippen molar-refractivity contribution in [1.82, 2.24) is 4.98 Å². The van der Waals surface area contributed by atoms with Crippen molar-refractivity contribution >= 4 is 38.3 Å². The molecule has 1 aromatic carbocycles. The summed E-state index contributed by atoms with van der Waals surface area (Å²) in [4.78, 5) is 4.49. The van der Waals surface area contributed by atoms with Crippen molar-refractivity contribution in [3.8, 4) is 0 Å². The van der Waals surface area contributed by atoms with E-state index in [-0.39, 0.29) is 12.3 Å². The lowest BCUT2D eigenvalue weighted by Crippen LogP contribution is -2.21. The van der Waals surface area contributed by atoms with Gasteiger partial charge in [0.05, 0.1) is 22.9 Å². The van der Waals surface area contributed by atoms with Gasteiger partial charge >= 0.3 is 0 Å². The molecule has 3 N–H and O–H groups in total.